The molecule has 0 aliphatic carbocycles. The number of hydrogen-bond donors (Lipinski definition) is 2. The molecule has 2 aliphatic heterocycles. The largest absolute Gasteiger partial charge is 0.379 e. The first kappa shape index (κ1) is 25.5. The maximum Gasteiger partial charge on any atom is 0.253 e. The Morgan fingerprint density at radius 3 is 2.51 bits per heavy atom. The molecule has 35 heavy (non-hydrogen) atoms. The zero-order chi connectivity index (χ0) is 24.5. The highest BCUT2D eigenvalue weighted by Crippen LogP contribution is 2.29. The number of benzene rings is 2. The first-order chi connectivity index (χ1) is 17.1. The highest BCUT2D eigenvalue weighted by Gasteiger charge is 2.22. The summed E-state index contributed by atoms with van der Waals surface area (Å²) in [6.45, 7) is 8.83. The molecule has 0 saturated carbocycles. The molecule has 0 atom stereocenters. The molecule has 0 bridgehead atoms. The van der Waals surface area contributed by atoms with Gasteiger partial charge in [-0.25, -0.2) is 0 Å². The molecule has 0 radical (unpaired) electrons. The Bertz CT molecular complexity index is 974. The molecular weight excluding hydrogens is 460 g/mol. The van der Waals surface area contributed by atoms with Crippen molar-refractivity contribution in [2.45, 2.75) is 24.7 Å². The smallest absolute Gasteiger partial charge is 0.253 e. The predicted molar refractivity (Wildman–Crippen MR) is 142 cm³/mol. The van der Waals surface area contributed by atoms with Gasteiger partial charge < -0.3 is 20.3 Å². The summed E-state index contributed by atoms with van der Waals surface area (Å²) in [6.07, 6.45) is 2.24. The fraction of sp³-hybridized carbons (Fsp3) is 0.481. The van der Waals surface area contributed by atoms with E-state index in [1.54, 1.807) is 0 Å². The zero-order valence-electron chi connectivity index (χ0n) is 20.5. The average molecular weight is 497 g/mol. The van der Waals surface area contributed by atoms with Gasteiger partial charge in [-0.2, -0.15) is 0 Å². The van der Waals surface area contributed by atoms with Crippen LogP contribution in [0.2, 0.25) is 0 Å². The van der Waals surface area contributed by atoms with Gasteiger partial charge in [-0.15, -0.1) is 11.8 Å². The van der Waals surface area contributed by atoms with Crippen LogP contribution >= 0.6 is 11.8 Å². The predicted octanol–water partition coefficient (Wildman–Crippen LogP) is 3.72. The molecule has 8 heteroatoms. The van der Waals surface area contributed by atoms with Crippen LogP contribution in [-0.4, -0.2) is 74.9 Å². The fourth-order valence-corrected chi connectivity index (χ4v) is 5.15. The summed E-state index contributed by atoms with van der Waals surface area (Å²) in [4.78, 5) is 31.5. The second kappa shape index (κ2) is 13.0. The van der Waals surface area contributed by atoms with Crippen LogP contribution < -0.4 is 15.5 Å². The molecule has 2 aliphatic rings. The standard InChI is InChI=1S/C27H36N4O3S/c1-21-9-12-31(13-10-21)25-8-7-22(29-26(32)20-35-23-5-3-2-4-6-23)19-24(25)27(33)28-11-14-30-15-17-34-18-16-30/h2-8,19,21H,9-18,20H2,1H3,(H,28,33)(H,29,32). The molecule has 2 aromatic carbocycles. The summed E-state index contributed by atoms with van der Waals surface area (Å²) >= 11 is 1.50. The van der Waals surface area contributed by atoms with E-state index in [4.69, 9.17) is 4.74 Å². The summed E-state index contributed by atoms with van der Waals surface area (Å²) in [6, 6.07) is 15.6. The number of thioether (sulfide) groups is 1. The molecule has 2 saturated heterocycles. The van der Waals surface area contributed by atoms with Crippen molar-refractivity contribution in [3.63, 3.8) is 0 Å². The molecule has 0 unspecified atom stereocenters. The molecule has 2 aromatic rings. The quantitative estimate of drug-likeness (QED) is 0.516. The number of hydrogen-bond acceptors (Lipinski definition) is 6. The molecule has 188 valence electrons. The zero-order valence-corrected chi connectivity index (χ0v) is 21.3. The molecular formula is C27H36N4O3S. The highest BCUT2D eigenvalue weighted by atomic mass is 32.2. The van der Waals surface area contributed by atoms with E-state index in [1.807, 2.05) is 48.5 Å². The van der Waals surface area contributed by atoms with Crippen molar-refractivity contribution < 1.29 is 14.3 Å². The van der Waals surface area contributed by atoms with Gasteiger partial charge >= 0.3 is 0 Å². The van der Waals surface area contributed by atoms with Gasteiger partial charge in [0, 0.05) is 55.5 Å². The number of carbonyl (C=O) groups is 2. The molecule has 4 rings (SSSR count). The monoisotopic (exact) mass is 496 g/mol. The topological polar surface area (TPSA) is 73.9 Å². The van der Waals surface area contributed by atoms with Gasteiger partial charge in [0.1, 0.15) is 0 Å². The minimum absolute atomic E-state index is 0.0860. The van der Waals surface area contributed by atoms with Crippen molar-refractivity contribution in [2.75, 3.05) is 68.5 Å². The Morgan fingerprint density at radius 1 is 1.03 bits per heavy atom. The third-order valence-electron chi connectivity index (χ3n) is 6.58. The third kappa shape index (κ3) is 7.72. The van der Waals surface area contributed by atoms with Crippen LogP contribution in [0.4, 0.5) is 11.4 Å². The second-order valence-electron chi connectivity index (χ2n) is 9.26. The van der Waals surface area contributed by atoms with Crippen molar-refractivity contribution in [3.8, 4) is 0 Å². The number of ether oxygens (including phenoxy) is 1. The first-order valence-electron chi connectivity index (χ1n) is 12.5. The van der Waals surface area contributed by atoms with Crippen molar-refractivity contribution in [1.82, 2.24) is 10.2 Å². The SMILES string of the molecule is CC1CCN(c2ccc(NC(=O)CSc3ccccc3)cc2C(=O)NCCN2CCOCC2)CC1. The molecule has 0 aromatic heterocycles. The van der Waals surface area contributed by atoms with Crippen molar-refractivity contribution >= 4 is 35.0 Å². The molecule has 2 amide bonds. The lowest BCUT2D eigenvalue weighted by Crippen LogP contribution is -2.41. The second-order valence-corrected chi connectivity index (χ2v) is 10.3. The number of carbonyl (C=O) groups excluding carboxylic acids is 2. The van der Waals surface area contributed by atoms with Crippen LogP contribution in [-0.2, 0) is 9.53 Å². The molecule has 0 spiro atoms. The number of amides is 2. The minimum Gasteiger partial charge on any atom is -0.379 e. The Labute approximate surface area is 212 Å². The van der Waals surface area contributed by atoms with Gasteiger partial charge in [0.15, 0.2) is 0 Å². The van der Waals surface area contributed by atoms with Gasteiger partial charge in [0.05, 0.1) is 24.5 Å². The Kier molecular flexibility index (Phi) is 9.45. The summed E-state index contributed by atoms with van der Waals surface area (Å²) in [7, 11) is 0. The Hall–Kier alpha value is -2.55. The van der Waals surface area contributed by atoms with E-state index in [9.17, 15) is 9.59 Å². The lowest BCUT2D eigenvalue weighted by molar-refractivity contribution is -0.113. The van der Waals surface area contributed by atoms with Crippen LogP contribution in [0, 0.1) is 5.92 Å². The Balaban J connectivity index is 1.41. The van der Waals surface area contributed by atoms with E-state index in [0.29, 0.717) is 29.5 Å². The summed E-state index contributed by atoms with van der Waals surface area (Å²) < 4.78 is 5.40. The third-order valence-corrected chi connectivity index (χ3v) is 7.59. The van der Waals surface area contributed by atoms with Crippen LogP contribution in [0.15, 0.2) is 53.4 Å². The number of morpholine rings is 1. The number of nitrogens with zero attached hydrogens (tertiary/aromatic N) is 2. The van der Waals surface area contributed by atoms with E-state index >= 15 is 0 Å². The number of anilines is 2. The van der Waals surface area contributed by atoms with Crippen LogP contribution in [0.3, 0.4) is 0 Å². The van der Waals surface area contributed by atoms with E-state index in [-0.39, 0.29) is 11.8 Å². The van der Waals surface area contributed by atoms with E-state index in [2.05, 4.69) is 27.4 Å². The van der Waals surface area contributed by atoms with Gasteiger partial charge in [0.2, 0.25) is 5.91 Å². The summed E-state index contributed by atoms with van der Waals surface area (Å²) in [5.41, 5.74) is 2.21. The van der Waals surface area contributed by atoms with Crippen LogP contribution in [0.5, 0.6) is 0 Å². The molecule has 2 heterocycles. The van der Waals surface area contributed by atoms with Gasteiger partial charge in [-0.05, 0) is 49.1 Å². The van der Waals surface area contributed by atoms with Gasteiger partial charge in [0.25, 0.3) is 5.91 Å². The van der Waals surface area contributed by atoms with Crippen molar-refractivity contribution in [3.05, 3.63) is 54.1 Å². The van der Waals surface area contributed by atoms with E-state index in [0.717, 1.165) is 69.4 Å². The van der Waals surface area contributed by atoms with Crippen molar-refractivity contribution in [2.24, 2.45) is 5.92 Å². The minimum atomic E-state index is -0.0957. The van der Waals surface area contributed by atoms with Crippen LogP contribution in [0.25, 0.3) is 0 Å². The summed E-state index contributed by atoms with van der Waals surface area (Å²) in [5, 5.41) is 6.07. The van der Waals surface area contributed by atoms with E-state index in [1.165, 1.54) is 11.8 Å². The number of piperidine rings is 1. The lowest BCUT2D eigenvalue weighted by atomic mass is 9.98. The fourth-order valence-electron chi connectivity index (χ4n) is 4.43. The molecule has 7 nitrogen and oxygen atoms in total. The first-order valence-corrected chi connectivity index (χ1v) is 13.5. The number of rotatable bonds is 9. The Morgan fingerprint density at radius 2 is 1.77 bits per heavy atom. The molecule has 2 fully saturated rings. The van der Waals surface area contributed by atoms with Gasteiger partial charge in [-0.1, -0.05) is 25.1 Å². The highest BCUT2D eigenvalue weighted by molar-refractivity contribution is 8.00. The van der Waals surface area contributed by atoms with Gasteiger partial charge in [-0.3, -0.25) is 14.5 Å². The average Bonchev–Trinajstić information content (AvgIpc) is 2.89. The van der Waals surface area contributed by atoms with E-state index < -0.39 is 0 Å². The van der Waals surface area contributed by atoms with Crippen LogP contribution in [0.1, 0.15) is 30.1 Å². The van der Waals surface area contributed by atoms with Crippen molar-refractivity contribution in [1.29, 1.82) is 0 Å². The maximum atomic E-state index is 13.3. The molecule has 2 N–H and O–H groups in total. The lowest BCUT2D eigenvalue weighted by Gasteiger charge is -2.33. The summed E-state index contributed by atoms with van der Waals surface area (Å²) in [5.74, 6) is 0.841. The normalized spacial score (nSPS) is 17.2. The maximum absolute atomic E-state index is 13.3. The number of nitrogens with one attached hydrogen (secondary N) is 2.